The van der Waals surface area contributed by atoms with Crippen LogP contribution in [0.1, 0.15) is 13.3 Å². The highest BCUT2D eigenvalue weighted by Crippen LogP contribution is 2.25. The summed E-state index contributed by atoms with van der Waals surface area (Å²) in [6, 6.07) is 6.83. The standard InChI is InChI=1S/C19H26N4O5/c1-3-28-19(26)22-9-7-21(8-10-22)18(25)20-14-11-17(24)23(13-14)15-5-4-6-16(12-15)27-2/h4-6,12,14H,3,7-11,13H2,1-2H3,(H,20,25). The molecule has 152 valence electrons. The first kappa shape index (κ1) is 19.8. The molecular formula is C19H26N4O5. The van der Waals surface area contributed by atoms with E-state index in [0.29, 0.717) is 45.1 Å². The van der Waals surface area contributed by atoms with Gasteiger partial charge in [-0.3, -0.25) is 4.79 Å². The Bertz CT molecular complexity index is 733. The van der Waals surface area contributed by atoms with Gasteiger partial charge in [0.2, 0.25) is 5.91 Å². The maximum Gasteiger partial charge on any atom is 0.409 e. The van der Waals surface area contributed by atoms with E-state index < -0.39 is 0 Å². The third kappa shape index (κ3) is 4.47. The molecule has 0 spiro atoms. The minimum absolute atomic E-state index is 0.0364. The number of anilines is 1. The van der Waals surface area contributed by atoms with E-state index in [0.717, 1.165) is 5.69 Å². The zero-order valence-electron chi connectivity index (χ0n) is 16.2. The fourth-order valence-electron chi connectivity index (χ4n) is 3.40. The zero-order chi connectivity index (χ0) is 20.1. The van der Waals surface area contributed by atoms with E-state index in [4.69, 9.17) is 9.47 Å². The molecule has 3 rings (SSSR count). The summed E-state index contributed by atoms with van der Waals surface area (Å²) in [7, 11) is 1.58. The van der Waals surface area contributed by atoms with Gasteiger partial charge in [0, 0.05) is 50.9 Å². The predicted octanol–water partition coefficient (Wildman–Crippen LogP) is 1.28. The number of hydrogen-bond acceptors (Lipinski definition) is 5. The number of carbonyl (C=O) groups is 3. The molecule has 2 aliphatic heterocycles. The van der Waals surface area contributed by atoms with E-state index in [1.54, 1.807) is 34.8 Å². The highest BCUT2D eigenvalue weighted by atomic mass is 16.6. The largest absolute Gasteiger partial charge is 0.497 e. The Morgan fingerprint density at radius 3 is 2.57 bits per heavy atom. The van der Waals surface area contributed by atoms with Crippen LogP contribution in [0.25, 0.3) is 0 Å². The summed E-state index contributed by atoms with van der Waals surface area (Å²) in [5, 5.41) is 2.94. The summed E-state index contributed by atoms with van der Waals surface area (Å²) in [6.45, 7) is 4.26. The monoisotopic (exact) mass is 390 g/mol. The number of nitrogens with zero attached hydrogens (tertiary/aromatic N) is 3. The third-order valence-corrected chi connectivity index (χ3v) is 4.91. The number of rotatable bonds is 4. The molecule has 2 heterocycles. The van der Waals surface area contributed by atoms with Crippen molar-refractivity contribution >= 4 is 23.7 Å². The van der Waals surface area contributed by atoms with Crippen LogP contribution in [-0.2, 0) is 9.53 Å². The lowest BCUT2D eigenvalue weighted by Gasteiger charge is -2.34. The Labute approximate surface area is 164 Å². The van der Waals surface area contributed by atoms with Crippen molar-refractivity contribution < 1.29 is 23.9 Å². The fraction of sp³-hybridized carbons (Fsp3) is 0.526. The van der Waals surface area contributed by atoms with Crippen LogP contribution >= 0.6 is 0 Å². The summed E-state index contributed by atoms with van der Waals surface area (Å²) in [5.41, 5.74) is 0.754. The second kappa shape index (κ2) is 8.81. The third-order valence-electron chi connectivity index (χ3n) is 4.91. The number of urea groups is 1. The number of nitrogens with one attached hydrogen (secondary N) is 1. The van der Waals surface area contributed by atoms with Gasteiger partial charge >= 0.3 is 12.1 Å². The molecule has 1 aromatic rings. The molecule has 2 aliphatic rings. The summed E-state index contributed by atoms with van der Waals surface area (Å²) in [5.74, 6) is 0.642. The van der Waals surface area contributed by atoms with Crippen LogP contribution in [0, 0.1) is 0 Å². The van der Waals surface area contributed by atoms with Crippen molar-refractivity contribution in [1.29, 1.82) is 0 Å². The van der Waals surface area contributed by atoms with Crippen LogP contribution in [-0.4, -0.2) is 80.3 Å². The highest BCUT2D eigenvalue weighted by Gasteiger charge is 2.33. The van der Waals surface area contributed by atoms with Gasteiger partial charge in [0.05, 0.1) is 19.8 Å². The van der Waals surface area contributed by atoms with E-state index in [1.165, 1.54) is 0 Å². The molecule has 1 unspecified atom stereocenters. The number of ether oxygens (including phenoxy) is 2. The van der Waals surface area contributed by atoms with Crippen molar-refractivity contribution in [2.45, 2.75) is 19.4 Å². The molecule has 1 N–H and O–H groups in total. The summed E-state index contributed by atoms with van der Waals surface area (Å²) >= 11 is 0. The van der Waals surface area contributed by atoms with Crippen molar-refractivity contribution in [3.05, 3.63) is 24.3 Å². The first-order valence-electron chi connectivity index (χ1n) is 9.43. The number of hydrogen-bond donors (Lipinski definition) is 1. The lowest BCUT2D eigenvalue weighted by molar-refractivity contribution is -0.117. The summed E-state index contributed by atoms with van der Waals surface area (Å²) in [6.07, 6.45) is -0.0935. The second-order valence-electron chi connectivity index (χ2n) is 6.73. The van der Waals surface area contributed by atoms with Crippen LogP contribution < -0.4 is 15.0 Å². The van der Waals surface area contributed by atoms with Gasteiger partial charge < -0.3 is 29.5 Å². The smallest absolute Gasteiger partial charge is 0.409 e. The molecule has 0 saturated carbocycles. The molecule has 9 heteroatoms. The fourth-order valence-corrected chi connectivity index (χ4v) is 3.40. The zero-order valence-corrected chi connectivity index (χ0v) is 16.2. The number of carbonyl (C=O) groups excluding carboxylic acids is 3. The van der Waals surface area contributed by atoms with Gasteiger partial charge in [0.25, 0.3) is 0 Å². The SMILES string of the molecule is CCOC(=O)N1CCN(C(=O)NC2CC(=O)N(c3cccc(OC)c3)C2)CC1. The molecule has 0 bridgehead atoms. The Morgan fingerprint density at radius 1 is 1.18 bits per heavy atom. The van der Waals surface area contributed by atoms with E-state index in [-0.39, 0.29) is 30.5 Å². The van der Waals surface area contributed by atoms with Crippen molar-refractivity contribution in [3.63, 3.8) is 0 Å². The average molecular weight is 390 g/mol. The van der Waals surface area contributed by atoms with Gasteiger partial charge in [-0.15, -0.1) is 0 Å². The average Bonchev–Trinajstić information content (AvgIpc) is 3.08. The van der Waals surface area contributed by atoms with Crippen LogP contribution in [0.3, 0.4) is 0 Å². The molecule has 0 aliphatic carbocycles. The molecule has 1 atom stereocenters. The second-order valence-corrected chi connectivity index (χ2v) is 6.73. The Balaban J connectivity index is 1.51. The van der Waals surface area contributed by atoms with E-state index >= 15 is 0 Å². The topological polar surface area (TPSA) is 91.4 Å². The van der Waals surface area contributed by atoms with Gasteiger partial charge in [-0.25, -0.2) is 9.59 Å². The number of piperazine rings is 1. The van der Waals surface area contributed by atoms with Gasteiger partial charge in [0.15, 0.2) is 0 Å². The van der Waals surface area contributed by atoms with Gasteiger partial charge in [0.1, 0.15) is 5.75 Å². The van der Waals surface area contributed by atoms with E-state index in [9.17, 15) is 14.4 Å². The van der Waals surface area contributed by atoms with Crippen LogP contribution in [0.2, 0.25) is 0 Å². The lowest BCUT2D eigenvalue weighted by Crippen LogP contribution is -2.54. The minimum Gasteiger partial charge on any atom is -0.497 e. The molecule has 0 radical (unpaired) electrons. The van der Waals surface area contributed by atoms with Crippen LogP contribution in [0.4, 0.5) is 15.3 Å². The van der Waals surface area contributed by atoms with Gasteiger partial charge in [-0.05, 0) is 19.1 Å². The molecule has 9 nitrogen and oxygen atoms in total. The molecule has 4 amide bonds. The van der Waals surface area contributed by atoms with Gasteiger partial charge in [-0.2, -0.15) is 0 Å². The summed E-state index contributed by atoms with van der Waals surface area (Å²) < 4.78 is 10.2. The molecule has 0 aromatic heterocycles. The predicted molar refractivity (Wildman–Crippen MR) is 102 cm³/mol. The molecule has 2 saturated heterocycles. The minimum atomic E-state index is -0.349. The Morgan fingerprint density at radius 2 is 1.89 bits per heavy atom. The van der Waals surface area contributed by atoms with Crippen molar-refractivity contribution in [1.82, 2.24) is 15.1 Å². The van der Waals surface area contributed by atoms with Crippen LogP contribution in [0.5, 0.6) is 5.75 Å². The first-order valence-corrected chi connectivity index (χ1v) is 9.43. The molecule has 1 aromatic carbocycles. The lowest BCUT2D eigenvalue weighted by atomic mass is 10.2. The van der Waals surface area contributed by atoms with E-state index in [2.05, 4.69) is 5.32 Å². The van der Waals surface area contributed by atoms with Crippen molar-refractivity contribution in [3.8, 4) is 5.75 Å². The maximum absolute atomic E-state index is 12.5. The maximum atomic E-state index is 12.5. The molecule has 2 fully saturated rings. The molecule has 28 heavy (non-hydrogen) atoms. The first-order chi connectivity index (χ1) is 13.5. The Kier molecular flexibility index (Phi) is 6.23. The number of methoxy groups -OCH3 is 1. The van der Waals surface area contributed by atoms with Gasteiger partial charge in [-0.1, -0.05) is 6.07 Å². The van der Waals surface area contributed by atoms with Crippen molar-refractivity contribution in [2.24, 2.45) is 0 Å². The van der Waals surface area contributed by atoms with E-state index in [1.807, 2.05) is 18.2 Å². The Hall–Kier alpha value is -2.97. The normalized spacial score (nSPS) is 19.6. The molecular weight excluding hydrogens is 364 g/mol. The number of amides is 4. The highest BCUT2D eigenvalue weighted by molar-refractivity contribution is 5.97. The summed E-state index contributed by atoms with van der Waals surface area (Å²) in [4.78, 5) is 41.6. The van der Waals surface area contributed by atoms with Crippen molar-refractivity contribution in [2.75, 3.05) is 51.3 Å². The van der Waals surface area contributed by atoms with Crippen LogP contribution in [0.15, 0.2) is 24.3 Å². The quantitative estimate of drug-likeness (QED) is 0.836. The number of benzene rings is 1.